The molecule has 28 heavy (non-hydrogen) atoms. The fourth-order valence-electron chi connectivity index (χ4n) is 2.95. The van der Waals surface area contributed by atoms with Crippen molar-refractivity contribution in [2.24, 2.45) is 5.73 Å². The number of aryl methyl sites for hydroxylation is 1. The number of hydrogen-bond acceptors (Lipinski definition) is 6. The van der Waals surface area contributed by atoms with Gasteiger partial charge in [-0.1, -0.05) is 18.2 Å². The van der Waals surface area contributed by atoms with E-state index < -0.39 is 29.8 Å². The van der Waals surface area contributed by atoms with Gasteiger partial charge in [0.05, 0.1) is 17.7 Å². The summed E-state index contributed by atoms with van der Waals surface area (Å²) >= 11 is 0. The predicted molar refractivity (Wildman–Crippen MR) is 97.6 cm³/mol. The van der Waals surface area contributed by atoms with E-state index in [0.717, 1.165) is 4.90 Å². The maximum Gasteiger partial charge on any atom is 0.342 e. The van der Waals surface area contributed by atoms with E-state index in [1.54, 1.807) is 37.3 Å². The molecule has 2 aromatic rings. The van der Waals surface area contributed by atoms with Gasteiger partial charge in [-0.3, -0.25) is 19.3 Å². The second-order valence-electron chi connectivity index (χ2n) is 6.50. The van der Waals surface area contributed by atoms with Crippen LogP contribution in [0.2, 0.25) is 0 Å². The molecule has 3 N–H and O–H groups in total. The minimum absolute atomic E-state index is 0.0842. The molecule has 0 aromatic heterocycles. The number of carbonyl (C=O) groups is 4. The van der Waals surface area contributed by atoms with Gasteiger partial charge in [0.1, 0.15) is 11.3 Å². The Morgan fingerprint density at radius 1 is 1.14 bits per heavy atom. The lowest BCUT2D eigenvalue weighted by Gasteiger charge is -2.17. The van der Waals surface area contributed by atoms with E-state index >= 15 is 0 Å². The number of phenols is 1. The standard InChI is InChI=1S/C20H18N2O6/c1-10-7-12(8-15(16(10)23)20(27)28-11(2)17(21)24)9-22-18(25)13-5-3-4-6-14(13)19(22)26/h3-8,11,23H,9H2,1-2H3,(H2,21,24)/t11-/m1/s1. The lowest BCUT2D eigenvalue weighted by atomic mass is 10.0. The first kappa shape index (κ1) is 19.1. The number of nitrogens with zero attached hydrogens (tertiary/aromatic N) is 1. The predicted octanol–water partition coefficient (Wildman–Crippen LogP) is 1.53. The summed E-state index contributed by atoms with van der Waals surface area (Å²) in [5, 5.41) is 10.2. The van der Waals surface area contributed by atoms with Crippen molar-refractivity contribution in [1.82, 2.24) is 4.90 Å². The fraction of sp³-hybridized carbons (Fsp3) is 0.200. The number of hydrogen-bond donors (Lipinski definition) is 2. The molecule has 1 aliphatic heterocycles. The summed E-state index contributed by atoms with van der Waals surface area (Å²) in [6, 6.07) is 9.38. The van der Waals surface area contributed by atoms with Crippen molar-refractivity contribution < 1.29 is 29.0 Å². The van der Waals surface area contributed by atoms with E-state index in [1.165, 1.54) is 13.0 Å². The smallest absolute Gasteiger partial charge is 0.342 e. The lowest BCUT2D eigenvalue weighted by molar-refractivity contribution is -0.125. The molecular formula is C20H18N2O6. The van der Waals surface area contributed by atoms with Gasteiger partial charge in [0.25, 0.3) is 17.7 Å². The lowest BCUT2D eigenvalue weighted by Crippen LogP contribution is -2.31. The van der Waals surface area contributed by atoms with Gasteiger partial charge in [0.15, 0.2) is 6.10 Å². The number of esters is 1. The zero-order chi connectivity index (χ0) is 20.6. The van der Waals surface area contributed by atoms with Crippen LogP contribution in [0, 0.1) is 6.92 Å². The molecule has 3 rings (SSSR count). The molecule has 1 heterocycles. The molecule has 0 saturated heterocycles. The van der Waals surface area contributed by atoms with Crippen LogP contribution in [0.5, 0.6) is 5.75 Å². The van der Waals surface area contributed by atoms with Gasteiger partial charge in [0.2, 0.25) is 0 Å². The molecule has 0 spiro atoms. The Morgan fingerprint density at radius 3 is 2.25 bits per heavy atom. The third-order valence-electron chi connectivity index (χ3n) is 4.48. The van der Waals surface area contributed by atoms with E-state index in [9.17, 15) is 24.3 Å². The number of nitrogens with two attached hydrogens (primary N) is 1. The van der Waals surface area contributed by atoms with Crippen LogP contribution in [-0.2, 0) is 16.1 Å². The molecule has 1 aliphatic rings. The summed E-state index contributed by atoms with van der Waals surface area (Å²) in [4.78, 5) is 49.5. The third kappa shape index (κ3) is 3.32. The average molecular weight is 382 g/mol. The van der Waals surface area contributed by atoms with Crippen LogP contribution in [0.25, 0.3) is 0 Å². The second kappa shape index (κ2) is 7.15. The molecule has 1 atom stereocenters. The highest BCUT2D eigenvalue weighted by molar-refractivity contribution is 6.21. The molecule has 8 nitrogen and oxygen atoms in total. The summed E-state index contributed by atoms with van der Waals surface area (Å²) in [6.07, 6.45) is -1.17. The van der Waals surface area contributed by atoms with Crippen molar-refractivity contribution in [2.75, 3.05) is 0 Å². The molecular weight excluding hydrogens is 364 g/mol. The normalized spacial score (nSPS) is 14.0. The zero-order valence-electron chi connectivity index (χ0n) is 15.3. The quantitative estimate of drug-likeness (QED) is 0.596. The average Bonchev–Trinajstić information content (AvgIpc) is 2.89. The SMILES string of the molecule is Cc1cc(CN2C(=O)c3ccccc3C2=O)cc(C(=O)O[C@H](C)C(N)=O)c1O. The number of rotatable bonds is 5. The van der Waals surface area contributed by atoms with Crippen LogP contribution in [-0.4, -0.2) is 39.8 Å². The Kier molecular flexibility index (Phi) is 4.87. The van der Waals surface area contributed by atoms with E-state index in [2.05, 4.69) is 0 Å². The number of amides is 3. The van der Waals surface area contributed by atoms with E-state index in [1.807, 2.05) is 0 Å². The number of benzene rings is 2. The minimum Gasteiger partial charge on any atom is -0.507 e. The Labute approximate surface area is 160 Å². The Morgan fingerprint density at radius 2 is 1.71 bits per heavy atom. The van der Waals surface area contributed by atoms with E-state index in [-0.39, 0.29) is 17.9 Å². The first-order chi connectivity index (χ1) is 13.2. The van der Waals surface area contributed by atoms with Crippen LogP contribution in [0.3, 0.4) is 0 Å². The van der Waals surface area contributed by atoms with Gasteiger partial charge in [0, 0.05) is 0 Å². The molecule has 0 radical (unpaired) electrons. The van der Waals surface area contributed by atoms with Gasteiger partial charge in [-0.25, -0.2) is 4.79 Å². The Balaban J connectivity index is 1.89. The molecule has 8 heteroatoms. The van der Waals surface area contributed by atoms with Crippen LogP contribution in [0.1, 0.15) is 49.1 Å². The monoisotopic (exact) mass is 382 g/mol. The molecule has 2 aromatic carbocycles. The van der Waals surface area contributed by atoms with Crippen LogP contribution < -0.4 is 5.73 Å². The highest BCUT2D eigenvalue weighted by Crippen LogP contribution is 2.28. The largest absolute Gasteiger partial charge is 0.507 e. The Bertz CT molecular complexity index is 979. The number of fused-ring (bicyclic) bond motifs is 1. The molecule has 3 amide bonds. The van der Waals surface area contributed by atoms with Crippen molar-refractivity contribution in [1.29, 1.82) is 0 Å². The summed E-state index contributed by atoms with van der Waals surface area (Å²) in [5.74, 6) is -2.94. The minimum atomic E-state index is -1.17. The van der Waals surface area contributed by atoms with Gasteiger partial charge in [-0.15, -0.1) is 0 Å². The van der Waals surface area contributed by atoms with E-state index in [0.29, 0.717) is 22.3 Å². The van der Waals surface area contributed by atoms with Crippen molar-refractivity contribution in [3.05, 3.63) is 64.2 Å². The molecule has 0 aliphatic carbocycles. The first-order valence-electron chi connectivity index (χ1n) is 8.48. The van der Waals surface area contributed by atoms with Gasteiger partial charge in [-0.05, 0) is 43.2 Å². The summed E-state index contributed by atoms with van der Waals surface area (Å²) in [7, 11) is 0. The Hall–Kier alpha value is -3.68. The molecule has 0 fully saturated rings. The van der Waals surface area contributed by atoms with Crippen molar-refractivity contribution >= 4 is 23.7 Å². The van der Waals surface area contributed by atoms with Crippen LogP contribution in [0.4, 0.5) is 0 Å². The fourth-order valence-corrected chi connectivity index (χ4v) is 2.95. The third-order valence-corrected chi connectivity index (χ3v) is 4.48. The number of ether oxygens (including phenoxy) is 1. The highest BCUT2D eigenvalue weighted by Gasteiger charge is 2.35. The van der Waals surface area contributed by atoms with Gasteiger partial charge >= 0.3 is 5.97 Å². The second-order valence-corrected chi connectivity index (χ2v) is 6.50. The topological polar surface area (TPSA) is 127 Å². The van der Waals surface area contributed by atoms with E-state index in [4.69, 9.17) is 10.5 Å². The highest BCUT2D eigenvalue weighted by atomic mass is 16.5. The van der Waals surface area contributed by atoms with Crippen molar-refractivity contribution in [3.63, 3.8) is 0 Å². The maximum absolute atomic E-state index is 12.5. The molecule has 0 unspecified atom stereocenters. The summed E-state index contributed by atoms with van der Waals surface area (Å²) < 4.78 is 4.93. The number of aromatic hydroxyl groups is 1. The number of carbonyl (C=O) groups excluding carboxylic acids is 4. The maximum atomic E-state index is 12.5. The first-order valence-corrected chi connectivity index (χ1v) is 8.48. The number of phenolic OH excluding ortho intramolecular Hbond substituents is 1. The van der Waals surface area contributed by atoms with Gasteiger partial charge in [-0.2, -0.15) is 0 Å². The summed E-state index contributed by atoms with van der Waals surface area (Å²) in [6.45, 7) is 2.79. The molecule has 0 saturated carbocycles. The van der Waals surface area contributed by atoms with Crippen LogP contribution >= 0.6 is 0 Å². The molecule has 144 valence electrons. The summed E-state index contributed by atoms with van der Waals surface area (Å²) in [5.41, 5.74) is 6.34. The number of imide groups is 1. The van der Waals surface area contributed by atoms with Gasteiger partial charge < -0.3 is 15.6 Å². The van der Waals surface area contributed by atoms with Crippen molar-refractivity contribution in [3.8, 4) is 5.75 Å². The zero-order valence-corrected chi connectivity index (χ0v) is 15.3. The van der Waals surface area contributed by atoms with Crippen LogP contribution in [0.15, 0.2) is 36.4 Å². The van der Waals surface area contributed by atoms with Crippen molar-refractivity contribution in [2.45, 2.75) is 26.5 Å². The molecule has 0 bridgehead atoms. The number of primary amides is 1.